The summed E-state index contributed by atoms with van der Waals surface area (Å²) in [5, 5.41) is 2.23. The van der Waals surface area contributed by atoms with Gasteiger partial charge in [0.15, 0.2) is 0 Å². The molecule has 0 aromatic carbocycles. The zero-order valence-corrected chi connectivity index (χ0v) is 8.74. The second-order valence-electron chi connectivity index (χ2n) is 3.20. The smallest absolute Gasteiger partial charge is 0.319 e. The molecule has 0 rings (SSSR count). The fourth-order valence-corrected chi connectivity index (χ4v) is 0.825. The molecule has 0 radical (unpaired) electrons. The molecule has 1 N–H and O–H groups in total. The van der Waals surface area contributed by atoms with Crippen molar-refractivity contribution in [3.05, 3.63) is 0 Å². The van der Waals surface area contributed by atoms with Crippen LogP contribution in [-0.4, -0.2) is 38.7 Å². The molecular weight excluding hydrogens is 214 g/mol. The van der Waals surface area contributed by atoms with Gasteiger partial charge in [0.2, 0.25) is 0 Å². The fourth-order valence-electron chi connectivity index (χ4n) is 0.825. The summed E-state index contributed by atoms with van der Waals surface area (Å²) in [7, 11) is 0. The molecule has 0 spiro atoms. The number of halogens is 4. The Morgan fingerprint density at radius 2 is 1.93 bits per heavy atom. The van der Waals surface area contributed by atoms with Gasteiger partial charge in [-0.2, -0.15) is 8.78 Å². The molecule has 0 aliphatic rings. The van der Waals surface area contributed by atoms with Gasteiger partial charge in [-0.25, -0.2) is 8.78 Å². The Bertz CT molecular complexity index is 155. The predicted octanol–water partition coefficient (Wildman–Crippen LogP) is 2.29. The average Bonchev–Trinajstić information content (AvgIpc) is 2.16. The first-order valence-corrected chi connectivity index (χ1v) is 4.95. The van der Waals surface area contributed by atoms with E-state index in [1.54, 1.807) is 0 Å². The Morgan fingerprint density at radius 3 is 2.47 bits per heavy atom. The van der Waals surface area contributed by atoms with Crippen LogP contribution in [0.3, 0.4) is 0 Å². The van der Waals surface area contributed by atoms with E-state index in [9.17, 15) is 17.6 Å². The summed E-state index contributed by atoms with van der Waals surface area (Å²) in [6, 6.07) is 0. The number of ether oxygens (including phenoxy) is 1. The maximum Gasteiger partial charge on any atom is 0.319 e. The zero-order valence-electron chi connectivity index (χ0n) is 8.74. The summed E-state index contributed by atoms with van der Waals surface area (Å²) in [5.74, 6) is -3.95. The van der Waals surface area contributed by atoms with E-state index in [-0.39, 0.29) is 13.2 Å². The van der Waals surface area contributed by atoms with Crippen LogP contribution in [0.15, 0.2) is 0 Å². The van der Waals surface area contributed by atoms with Gasteiger partial charge in [0.1, 0.15) is 0 Å². The Balaban J connectivity index is 3.31. The van der Waals surface area contributed by atoms with Gasteiger partial charge in [0, 0.05) is 13.2 Å². The van der Waals surface area contributed by atoms with Crippen molar-refractivity contribution in [2.45, 2.75) is 32.1 Å². The molecule has 0 bridgehead atoms. The molecule has 0 unspecified atom stereocenters. The summed E-state index contributed by atoms with van der Waals surface area (Å²) >= 11 is 0. The van der Waals surface area contributed by atoms with E-state index in [1.165, 1.54) is 0 Å². The van der Waals surface area contributed by atoms with Gasteiger partial charge in [-0.1, -0.05) is 13.3 Å². The number of hydrogen-bond acceptors (Lipinski definition) is 2. The molecule has 0 atom stereocenters. The van der Waals surface area contributed by atoms with Crippen molar-refractivity contribution in [1.82, 2.24) is 5.32 Å². The number of unbranched alkanes of at least 4 members (excludes halogenated alkanes) is 1. The minimum Gasteiger partial charge on any atom is -0.380 e. The molecule has 0 saturated heterocycles. The lowest BCUT2D eigenvalue weighted by Gasteiger charge is -2.15. The lowest BCUT2D eigenvalue weighted by Crippen LogP contribution is -2.39. The molecule has 92 valence electrons. The molecule has 0 aliphatic carbocycles. The molecule has 0 amide bonds. The van der Waals surface area contributed by atoms with E-state index in [0.29, 0.717) is 6.61 Å². The molecule has 15 heavy (non-hydrogen) atoms. The van der Waals surface area contributed by atoms with Gasteiger partial charge in [-0.15, -0.1) is 0 Å². The van der Waals surface area contributed by atoms with Gasteiger partial charge in [-0.05, 0) is 6.42 Å². The van der Waals surface area contributed by atoms with E-state index in [4.69, 9.17) is 4.74 Å². The normalized spacial score (nSPS) is 12.4. The van der Waals surface area contributed by atoms with Crippen molar-refractivity contribution in [1.29, 1.82) is 0 Å². The molecular formula is C9H17F4NO. The SMILES string of the molecule is CCCCOCCNCC(F)(F)C(F)F. The zero-order chi connectivity index (χ0) is 11.7. The van der Waals surface area contributed by atoms with E-state index in [2.05, 4.69) is 5.32 Å². The highest BCUT2D eigenvalue weighted by atomic mass is 19.3. The maximum atomic E-state index is 12.3. The largest absolute Gasteiger partial charge is 0.380 e. The summed E-state index contributed by atoms with van der Waals surface area (Å²) < 4.78 is 53.0. The first-order valence-electron chi connectivity index (χ1n) is 4.95. The number of nitrogens with one attached hydrogen (secondary N) is 1. The van der Waals surface area contributed by atoms with E-state index in [0.717, 1.165) is 12.8 Å². The Hall–Kier alpha value is -0.360. The van der Waals surface area contributed by atoms with Crippen LogP contribution in [-0.2, 0) is 4.74 Å². The molecule has 6 heteroatoms. The van der Waals surface area contributed by atoms with Crippen LogP contribution in [0.25, 0.3) is 0 Å². The van der Waals surface area contributed by atoms with Crippen LogP contribution < -0.4 is 5.32 Å². The van der Waals surface area contributed by atoms with Crippen LogP contribution in [0.2, 0.25) is 0 Å². The van der Waals surface area contributed by atoms with Crippen LogP contribution in [0.4, 0.5) is 17.6 Å². The summed E-state index contributed by atoms with van der Waals surface area (Å²) in [6.45, 7) is 1.99. The Kier molecular flexibility index (Phi) is 7.68. The molecule has 0 saturated carbocycles. The van der Waals surface area contributed by atoms with E-state index < -0.39 is 18.9 Å². The highest BCUT2D eigenvalue weighted by Gasteiger charge is 2.39. The van der Waals surface area contributed by atoms with Crippen molar-refractivity contribution >= 4 is 0 Å². The van der Waals surface area contributed by atoms with Crippen molar-refractivity contribution in [2.75, 3.05) is 26.3 Å². The van der Waals surface area contributed by atoms with Gasteiger partial charge in [0.05, 0.1) is 13.2 Å². The van der Waals surface area contributed by atoms with Crippen LogP contribution in [0.1, 0.15) is 19.8 Å². The maximum absolute atomic E-state index is 12.3. The fraction of sp³-hybridized carbons (Fsp3) is 1.00. The van der Waals surface area contributed by atoms with E-state index >= 15 is 0 Å². The monoisotopic (exact) mass is 231 g/mol. The number of alkyl halides is 4. The first kappa shape index (κ1) is 14.6. The number of rotatable bonds is 9. The molecule has 2 nitrogen and oxygen atoms in total. The minimum absolute atomic E-state index is 0.159. The predicted molar refractivity (Wildman–Crippen MR) is 49.5 cm³/mol. The van der Waals surface area contributed by atoms with Crippen molar-refractivity contribution in [2.24, 2.45) is 0 Å². The van der Waals surface area contributed by atoms with Crippen molar-refractivity contribution in [3.8, 4) is 0 Å². The average molecular weight is 231 g/mol. The summed E-state index contributed by atoms with van der Waals surface area (Å²) in [6.07, 6.45) is -1.71. The molecule has 0 heterocycles. The topological polar surface area (TPSA) is 21.3 Å². The Morgan fingerprint density at radius 1 is 1.27 bits per heavy atom. The van der Waals surface area contributed by atoms with Gasteiger partial charge in [0.25, 0.3) is 0 Å². The third kappa shape index (κ3) is 7.56. The lowest BCUT2D eigenvalue weighted by molar-refractivity contribution is -0.125. The third-order valence-corrected chi connectivity index (χ3v) is 1.75. The number of hydrogen-bond donors (Lipinski definition) is 1. The standard InChI is InChI=1S/C9H17F4NO/c1-2-3-5-15-6-4-14-7-9(12,13)8(10)11/h8,14H,2-7H2,1H3. The van der Waals surface area contributed by atoms with Crippen LogP contribution >= 0.6 is 0 Å². The molecule has 0 aliphatic heterocycles. The van der Waals surface area contributed by atoms with Gasteiger partial charge < -0.3 is 10.1 Å². The van der Waals surface area contributed by atoms with E-state index in [1.807, 2.05) is 6.92 Å². The second-order valence-corrected chi connectivity index (χ2v) is 3.20. The van der Waals surface area contributed by atoms with Gasteiger partial charge >= 0.3 is 12.3 Å². The highest BCUT2D eigenvalue weighted by molar-refractivity contribution is 4.71. The molecule has 0 aromatic heterocycles. The van der Waals surface area contributed by atoms with Crippen LogP contribution in [0, 0.1) is 0 Å². The lowest BCUT2D eigenvalue weighted by atomic mass is 10.3. The minimum atomic E-state index is -3.95. The Labute approximate surface area is 87.0 Å². The molecule has 0 fully saturated rings. The molecule has 0 aromatic rings. The summed E-state index contributed by atoms with van der Waals surface area (Å²) in [5.41, 5.74) is 0. The van der Waals surface area contributed by atoms with Crippen LogP contribution in [0.5, 0.6) is 0 Å². The highest BCUT2D eigenvalue weighted by Crippen LogP contribution is 2.21. The van der Waals surface area contributed by atoms with Crippen molar-refractivity contribution in [3.63, 3.8) is 0 Å². The quantitative estimate of drug-likeness (QED) is 0.485. The third-order valence-electron chi connectivity index (χ3n) is 1.75. The van der Waals surface area contributed by atoms with Crippen molar-refractivity contribution < 1.29 is 22.3 Å². The van der Waals surface area contributed by atoms with Gasteiger partial charge in [-0.3, -0.25) is 0 Å². The first-order chi connectivity index (χ1) is 7.00. The summed E-state index contributed by atoms with van der Waals surface area (Å²) in [4.78, 5) is 0. The second kappa shape index (κ2) is 7.87.